The van der Waals surface area contributed by atoms with E-state index in [1.807, 2.05) is 24.3 Å². The van der Waals surface area contributed by atoms with Crippen molar-refractivity contribution in [2.24, 2.45) is 5.73 Å². The number of hydrogen-bond acceptors (Lipinski definition) is 3. The Balaban J connectivity index is 2.55. The van der Waals surface area contributed by atoms with Crippen molar-refractivity contribution < 1.29 is 12.3 Å². The highest BCUT2D eigenvalue weighted by molar-refractivity contribution is 5.75. The molecule has 4 nitrogen and oxygen atoms in total. The Morgan fingerprint density at radius 3 is 3.00 bits per heavy atom. The summed E-state index contributed by atoms with van der Waals surface area (Å²) in [5.41, 5.74) is 5.90. The van der Waals surface area contributed by atoms with E-state index >= 15 is 0 Å². The molecule has 0 aromatic heterocycles. The predicted octanol–water partition coefficient (Wildman–Crippen LogP) is 0.703. The second-order valence-corrected chi connectivity index (χ2v) is 3.31. The van der Waals surface area contributed by atoms with Crippen molar-refractivity contribution in [1.29, 1.82) is 0 Å². The van der Waals surface area contributed by atoms with Gasteiger partial charge in [0, 0.05) is 2.74 Å². The molecule has 1 aromatic rings. The molecular weight excluding hydrogens is 204 g/mol. The van der Waals surface area contributed by atoms with Crippen LogP contribution in [0.4, 0.5) is 0 Å². The molecule has 0 spiro atoms. The van der Waals surface area contributed by atoms with Gasteiger partial charge in [0.05, 0.1) is 13.7 Å². The second-order valence-electron chi connectivity index (χ2n) is 3.31. The standard InChI is InChI=1S/C12H18N2O2/c1-16-11-7-3-2-5-10(11)6-4-8-14-9-12(13)15/h2-3,5,7,14H,4,6,8-9H2,1H3,(H2,13,15)/i8D2. The lowest BCUT2D eigenvalue weighted by Crippen LogP contribution is -2.29. The average Bonchev–Trinajstić information content (AvgIpc) is 2.34. The van der Waals surface area contributed by atoms with E-state index in [9.17, 15) is 4.79 Å². The Morgan fingerprint density at radius 1 is 1.56 bits per heavy atom. The normalized spacial score (nSPS) is 12.8. The summed E-state index contributed by atoms with van der Waals surface area (Å²) >= 11 is 0. The summed E-state index contributed by atoms with van der Waals surface area (Å²) in [6, 6.07) is 7.47. The van der Waals surface area contributed by atoms with Crippen LogP contribution < -0.4 is 15.8 Å². The van der Waals surface area contributed by atoms with Gasteiger partial charge in [-0.1, -0.05) is 18.2 Å². The number of amides is 1. The van der Waals surface area contributed by atoms with Crippen molar-refractivity contribution in [3.8, 4) is 5.75 Å². The maximum atomic E-state index is 10.6. The lowest BCUT2D eigenvalue weighted by atomic mass is 10.1. The molecule has 1 amide bonds. The summed E-state index contributed by atoms with van der Waals surface area (Å²) in [5, 5.41) is 2.48. The Bertz CT molecular complexity index is 411. The van der Waals surface area contributed by atoms with E-state index in [-0.39, 0.29) is 13.0 Å². The number of para-hydroxylation sites is 1. The van der Waals surface area contributed by atoms with Gasteiger partial charge in [0.15, 0.2) is 0 Å². The molecule has 0 atom stereocenters. The predicted molar refractivity (Wildman–Crippen MR) is 63.4 cm³/mol. The zero-order valence-corrected chi connectivity index (χ0v) is 9.32. The van der Waals surface area contributed by atoms with Crippen molar-refractivity contribution in [3.05, 3.63) is 29.8 Å². The van der Waals surface area contributed by atoms with Gasteiger partial charge >= 0.3 is 0 Å². The minimum atomic E-state index is -1.63. The molecule has 88 valence electrons. The molecule has 1 aromatic carbocycles. The molecule has 0 radical (unpaired) electrons. The molecule has 0 aliphatic heterocycles. The van der Waals surface area contributed by atoms with Crippen LogP contribution in [0.3, 0.4) is 0 Å². The third-order valence-corrected chi connectivity index (χ3v) is 2.10. The fourth-order valence-corrected chi connectivity index (χ4v) is 1.34. The van der Waals surface area contributed by atoms with Gasteiger partial charge in [-0.3, -0.25) is 4.79 Å². The van der Waals surface area contributed by atoms with Gasteiger partial charge in [0.25, 0.3) is 0 Å². The van der Waals surface area contributed by atoms with Crippen molar-refractivity contribution >= 4 is 5.91 Å². The van der Waals surface area contributed by atoms with Crippen LogP contribution in [0.25, 0.3) is 0 Å². The number of nitrogens with two attached hydrogens (primary N) is 1. The maximum absolute atomic E-state index is 10.6. The summed E-state index contributed by atoms with van der Waals surface area (Å²) in [5.74, 6) is 0.166. The number of methoxy groups -OCH3 is 1. The smallest absolute Gasteiger partial charge is 0.231 e. The first-order valence-corrected chi connectivity index (χ1v) is 5.10. The first-order valence-electron chi connectivity index (χ1n) is 6.10. The molecule has 0 saturated carbocycles. The SMILES string of the molecule is [2H]C([2H])(CCc1ccccc1OC)NCC(N)=O. The van der Waals surface area contributed by atoms with E-state index in [1.54, 1.807) is 7.11 Å². The third-order valence-electron chi connectivity index (χ3n) is 2.10. The van der Waals surface area contributed by atoms with Crippen LogP contribution in [0.15, 0.2) is 24.3 Å². The maximum Gasteiger partial charge on any atom is 0.231 e. The van der Waals surface area contributed by atoms with Crippen LogP contribution in [0.5, 0.6) is 5.75 Å². The summed E-state index contributed by atoms with van der Waals surface area (Å²) in [6.07, 6.45) is 0.753. The van der Waals surface area contributed by atoms with Crippen LogP contribution in [0.2, 0.25) is 0 Å². The van der Waals surface area contributed by atoms with Gasteiger partial charge in [-0.05, 0) is 31.0 Å². The zero-order valence-electron chi connectivity index (χ0n) is 11.3. The topological polar surface area (TPSA) is 64.3 Å². The van der Waals surface area contributed by atoms with Crippen LogP contribution in [-0.4, -0.2) is 26.1 Å². The molecule has 0 aliphatic carbocycles. The quantitative estimate of drug-likeness (QED) is 0.716. The largest absolute Gasteiger partial charge is 0.496 e. The van der Waals surface area contributed by atoms with E-state index in [0.717, 1.165) is 11.3 Å². The van der Waals surface area contributed by atoms with Gasteiger partial charge in [0.2, 0.25) is 5.91 Å². The summed E-state index contributed by atoms with van der Waals surface area (Å²) in [7, 11) is 1.58. The first-order chi connectivity index (χ1) is 8.44. The second kappa shape index (κ2) is 6.85. The van der Waals surface area contributed by atoms with Crippen LogP contribution in [-0.2, 0) is 11.2 Å². The lowest BCUT2D eigenvalue weighted by molar-refractivity contribution is -0.117. The Kier molecular flexibility index (Phi) is 4.13. The Morgan fingerprint density at radius 2 is 2.31 bits per heavy atom. The number of primary amides is 1. The minimum absolute atomic E-state index is 0.168. The Hall–Kier alpha value is -1.55. The fourth-order valence-electron chi connectivity index (χ4n) is 1.34. The monoisotopic (exact) mass is 224 g/mol. The zero-order chi connectivity index (χ0) is 13.6. The summed E-state index contributed by atoms with van der Waals surface area (Å²) in [6.45, 7) is -1.80. The van der Waals surface area contributed by atoms with Gasteiger partial charge in [-0.2, -0.15) is 0 Å². The number of benzene rings is 1. The highest BCUT2D eigenvalue weighted by Crippen LogP contribution is 2.18. The van der Waals surface area contributed by atoms with Crippen molar-refractivity contribution in [3.63, 3.8) is 0 Å². The molecular formula is C12H18N2O2. The summed E-state index contributed by atoms with van der Waals surface area (Å²) in [4.78, 5) is 10.6. The number of carbonyl (C=O) groups excluding carboxylic acids is 1. The fraction of sp³-hybridized carbons (Fsp3) is 0.417. The number of carbonyl (C=O) groups is 1. The van der Waals surface area contributed by atoms with Crippen molar-refractivity contribution in [1.82, 2.24) is 5.32 Å². The number of ether oxygens (including phenoxy) is 1. The third kappa shape index (κ3) is 4.31. The van der Waals surface area contributed by atoms with Crippen molar-refractivity contribution in [2.45, 2.75) is 12.8 Å². The number of nitrogens with one attached hydrogen (secondary N) is 1. The number of rotatable bonds is 7. The molecule has 4 heteroatoms. The molecule has 0 fully saturated rings. The van der Waals surface area contributed by atoms with Crippen molar-refractivity contribution in [2.75, 3.05) is 20.2 Å². The first kappa shape index (κ1) is 9.66. The molecule has 0 saturated heterocycles. The molecule has 0 aliphatic rings. The lowest BCUT2D eigenvalue weighted by Gasteiger charge is -2.07. The number of aryl methyl sites for hydroxylation is 1. The molecule has 0 bridgehead atoms. The van der Waals surface area contributed by atoms with E-state index < -0.39 is 12.4 Å². The van der Waals surface area contributed by atoms with E-state index in [0.29, 0.717) is 6.42 Å². The van der Waals surface area contributed by atoms with E-state index in [4.69, 9.17) is 13.2 Å². The highest BCUT2D eigenvalue weighted by atomic mass is 16.5. The van der Waals surface area contributed by atoms with Gasteiger partial charge in [-0.25, -0.2) is 0 Å². The van der Waals surface area contributed by atoms with Gasteiger partial charge in [0.1, 0.15) is 5.75 Å². The van der Waals surface area contributed by atoms with Crippen LogP contribution >= 0.6 is 0 Å². The van der Waals surface area contributed by atoms with E-state index in [1.165, 1.54) is 0 Å². The molecule has 16 heavy (non-hydrogen) atoms. The van der Waals surface area contributed by atoms with Gasteiger partial charge in [-0.15, -0.1) is 0 Å². The minimum Gasteiger partial charge on any atom is -0.496 e. The molecule has 3 N–H and O–H groups in total. The average molecular weight is 224 g/mol. The molecule has 1 rings (SSSR count). The molecule has 0 unspecified atom stereocenters. The summed E-state index contributed by atoms with van der Waals surface area (Å²) < 4.78 is 20.6. The number of hydrogen-bond donors (Lipinski definition) is 2. The highest BCUT2D eigenvalue weighted by Gasteiger charge is 2.00. The van der Waals surface area contributed by atoms with Gasteiger partial charge < -0.3 is 15.8 Å². The van der Waals surface area contributed by atoms with Crippen LogP contribution in [0, 0.1) is 0 Å². The molecule has 0 heterocycles. The van der Waals surface area contributed by atoms with Crippen LogP contribution in [0.1, 0.15) is 14.7 Å². The Labute approximate surface area is 98.6 Å². The van der Waals surface area contributed by atoms with E-state index in [2.05, 4.69) is 5.32 Å².